The van der Waals surface area contributed by atoms with Gasteiger partial charge in [-0.15, -0.1) is 0 Å². The molecule has 1 fully saturated rings. The molecular formula is C20H25NaO7. The molecule has 3 atom stereocenters. The summed E-state index contributed by atoms with van der Waals surface area (Å²) in [6.07, 6.45) is -0.325. The third-order valence-corrected chi connectivity index (χ3v) is 5.05. The monoisotopic (exact) mass is 400 g/mol. The molecule has 7 nitrogen and oxygen atoms in total. The molecule has 0 radical (unpaired) electrons. The van der Waals surface area contributed by atoms with Gasteiger partial charge in [-0.3, -0.25) is 0 Å². The number of benzene rings is 2. The van der Waals surface area contributed by atoms with Crippen LogP contribution in [-0.4, -0.2) is 83.0 Å². The molecule has 0 spiro atoms. The number of hydrogen-bond acceptors (Lipinski definition) is 7. The first-order valence-corrected chi connectivity index (χ1v) is 8.59. The van der Waals surface area contributed by atoms with Crippen LogP contribution in [-0.2, 0) is 11.2 Å². The van der Waals surface area contributed by atoms with Crippen LogP contribution in [0.2, 0.25) is 0 Å². The van der Waals surface area contributed by atoms with Crippen LogP contribution in [0.1, 0.15) is 17.2 Å². The summed E-state index contributed by atoms with van der Waals surface area (Å²) in [6, 6.07) is 9.66. The zero-order chi connectivity index (χ0) is 19.6. The van der Waals surface area contributed by atoms with Crippen LogP contribution in [0.4, 0.5) is 0 Å². The first-order chi connectivity index (χ1) is 12.9. The van der Waals surface area contributed by atoms with Crippen LogP contribution < -0.4 is 9.47 Å². The maximum absolute atomic E-state index is 11.2. The van der Waals surface area contributed by atoms with Gasteiger partial charge in [0.2, 0.25) is 0 Å². The van der Waals surface area contributed by atoms with E-state index in [1.165, 1.54) is 26.4 Å². The number of aliphatic hydroxyl groups is 2. The predicted molar refractivity (Wildman–Crippen MR) is 104 cm³/mol. The van der Waals surface area contributed by atoms with Crippen molar-refractivity contribution in [2.45, 2.75) is 18.1 Å². The van der Waals surface area contributed by atoms with Crippen molar-refractivity contribution < 1.29 is 34.6 Å². The molecule has 1 aliphatic rings. The fraction of sp³-hybridized carbons (Fsp3) is 0.400. The quantitative estimate of drug-likeness (QED) is 0.538. The first kappa shape index (κ1) is 22.8. The van der Waals surface area contributed by atoms with Crippen molar-refractivity contribution >= 4 is 29.6 Å². The average molecular weight is 400 g/mol. The second kappa shape index (κ2) is 9.35. The first-order valence-electron chi connectivity index (χ1n) is 8.59. The molecule has 0 bridgehead atoms. The molecule has 1 aliphatic heterocycles. The summed E-state index contributed by atoms with van der Waals surface area (Å²) < 4.78 is 16.1. The van der Waals surface area contributed by atoms with E-state index < -0.39 is 17.6 Å². The van der Waals surface area contributed by atoms with Gasteiger partial charge in [-0.05, 0) is 35.4 Å². The van der Waals surface area contributed by atoms with Gasteiger partial charge in [-0.2, -0.15) is 0 Å². The second-order valence-electron chi connectivity index (χ2n) is 6.74. The summed E-state index contributed by atoms with van der Waals surface area (Å²) in [7, 11) is 2.91. The van der Waals surface area contributed by atoms with Crippen molar-refractivity contribution in [2.24, 2.45) is 5.92 Å². The van der Waals surface area contributed by atoms with Gasteiger partial charge in [-0.25, -0.2) is 0 Å². The Morgan fingerprint density at radius 3 is 2.25 bits per heavy atom. The van der Waals surface area contributed by atoms with Crippen molar-refractivity contribution in [3.8, 4) is 23.0 Å². The molecule has 1 saturated heterocycles. The minimum absolute atomic E-state index is 0. The van der Waals surface area contributed by atoms with Gasteiger partial charge in [0.15, 0.2) is 23.0 Å². The number of methoxy groups -OCH3 is 2. The number of aliphatic hydroxyl groups excluding tert-OH is 1. The molecule has 2 aromatic carbocycles. The molecule has 3 rings (SSSR count). The Hall–Kier alpha value is -1.48. The third kappa shape index (κ3) is 4.40. The molecule has 28 heavy (non-hydrogen) atoms. The van der Waals surface area contributed by atoms with E-state index in [2.05, 4.69) is 0 Å². The van der Waals surface area contributed by atoms with Gasteiger partial charge in [0.1, 0.15) is 0 Å². The van der Waals surface area contributed by atoms with Crippen LogP contribution >= 0.6 is 0 Å². The van der Waals surface area contributed by atoms with Crippen LogP contribution in [0.5, 0.6) is 23.0 Å². The minimum atomic E-state index is -1.30. The van der Waals surface area contributed by atoms with Gasteiger partial charge < -0.3 is 34.6 Å². The van der Waals surface area contributed by atoms with E-state index in [1.807, 2.05) is 0 Å². The number of aromatic hydroxyl groups is 2. The van der Waals surface area contributed by atoms with Crippen LogP contribution in [0, 0.1) is 5.92 Å². The molecular weight excluding hydrogens is 375 g/mol. The summed E-state index contributed by atoms with van der Waals surface area (Å²) in [6.45, 7) is -0.241. The summed E-state index contributed by atoms with van der Waals surface area (Å²) in [5.74, 6) is 0.0587. The average Bonchev–Trinajstić information content (AvgIpc) is 2.99. The number of ether oxygens (including phenoxy) is 3. The normalized spacial score (nSPS) is 23.9. The molecule has 2 aromatic rings. The fourth-order valence-electron chi connectivity index (χ4n) is 3.57. The van der Waals surface area contributed by atoms with Crippen LogP contribution in [0.3, 0.4) is 0 Å². The van der Waals surface area contributed by atoms with Crippen molar-refractivity contribution in [1.29, 1.82) is 0 Å². The van der Waals surface area contributed by atoms with Gasteiger partial charge in [0.25, 0.3) is 0 Å². The number of phenols is 2. The van der Waals surface area contributed by atoms with Crippen LogP contribution in [0.25, 0.3) is 0 Å². The topological polar surface area (TPSA) is 109 Å². The van der Waals surface area contributed by atoms with Crippen molar-refractivity contribution in [3.05, 3.63) is 47.5 Å². The van der Waals surface area contributed by atoms with E-state index in [4.69, 9.17) is 14.2 Å². The Bertz CT molecular complexity index is 813. The van der Waals surface area contributed by atoms with Gasteiger partial charge in [-0.1, -0.05) is 12.1 Å². The van der Waals surface area contributed by atoms with Gasteiger partial charge >= 0.3 is 29.6 Å². The summed E-state index contributed by atoms with van der Waals surface area (Å²) >= 11 is 0. The van der Waals surface area contributed by atoms with E-state index in [1.54, 1.807) is 24.3 Å². The van der Waals surface area contributed by atoms with E-state index in [-0.39, 0.29) is 60.7 Å². The van der Waals surface area contributed by atoms with Crippen molar-refractivity contribution in [2.75, 3.05) is 27.4 Å². The van der Waals surface area contributed by atoms with Gasteiger partial charge in [0, 0.05) is 12.3 Å². The summed E-state index contributed by atoms with van der Waals surface area (Å²) in [4.78, 5) is 0. The zero-order valence-corrected chi connectivity index (χ0v) is 15.3. The Balaban J connectivity index is 0.00000280. The van der Waals surface area contributed by atoms with E-state index >= 15 is 0 Å². The summed E-state index contributed by atoms with van der Waals surface area (Å²) in [5, 5.41) is 40.6. The Labute approximate surface area is 185 Å². The molecule has 8 heteroatoms. The molecule has 4 N–H and O–H groups in total. The van der Waals surface area contributed by atoms with Crippen LogP contribution in [0.15, 0.2) is 36.4 Å². The standard InChI is InChI=1S/C20H24O7.Na.H/c1-25-17-7-12(3-5-15(17)22)9-20(24)11-27-19(14(20)10-21)13-4-6-16(23)18(8-13)26-2;;/h3-8,14,19,21-24H,9-11H2,1-2H3;;/t14-,19-,20-;;/m1../s1. The number of phenolic OH excluding ortho intramolecular Hbond substituents is 2. The SMILES string of the molecule is COc1cc(C[C@@]2(O)CO[C@H](c3ccc(O)c(OC)c3)[C@H]2CO)ccc1O.[NaH]. The third-order valence-electron chi connectivity index (χ3n) is 5.05. The van der Waals surface area contributed by atoms with Crippen molar-refractivity contribution in [3.63, 3.8) is 0 Å². The van der Waals surface area contributed by atoms with E-state index in [0.717, 1.165) is 5.56 Å². The molecule has 0 aliphatic carbocycles. The molecule has 0 unspecified atom stereocenters. The van der Waals surface area contributed by atoms with Gasteiger partial charge in [0.05, 0.1) is 39.1 Å². The molecule has 1 heterocycles. The Morgan fingerprint density at radius 2 is 1.64 bits per heavy atom. The Morgan fingerprint density at radius 1 is 1.04 bits per heavy atom. The molecule has 0 saturated carbocycles. The number of hydrogen-bond donors (Lipinski definition) is 4. The zero-order valence-electron chi connectivity index (χ0n) is 15.3. The molecule has 148 valence electrons. The fourth-order valence-corrected chi connectivity index (χ4v) is 3.57. The number of rotatable bonds is 6. The van der Waals surface area contributed by atoms with Crippen molar-refractivity contribution in [1.82, 2.24) is 0 Å². The van der Waals surface area contributed by atoms with E-state index in [0.29, 0.717) is 17.1 Å². The second-order valence-corrected chi connectivity index (χ2v) is 6.74. The molecule has 0 aromatic heterocycles. The molecule has 0 amide bonds. The maximum atomic E-state index is 11.2. The Kier molecular flexibility index (Phi) is 7.61. The summed E-state index contributed by atoms with van der Waals surface area (Å²) in [5.41, 5.74) is 0.146. The predicted octanol–water partition coefficient (Wildman–Crippen LogP) is 1.12. The van der Waals surface area contributed by atoms with E-state index in [9.17, 15) is 20.4 Å².